The summed E-state index contributed by atoms with van der Waals surface area (Å²) in [6.07, 6.45) is 2.88. The van der Waals surface area contributed by atoms with Gasteiger partial charge < -0.3 is 10.3 Å². The van der Waals surface area contributed by atoms with Gasteiger partial charge in [-0.25, -0.2) is 4.39 Å². The number of rotatable bonds is 4. The summed E-state index contributed by atoms with van der Waals surface area (Å²) in [6.45, 7) is 5.67. The van der Waals surface area contributed by atoms with Gasteiger partial charge in [-0.15, -0.1) is 0 Å². The third-order valence-electron chi connectivity index (χ3n) is 2.90. The lowest BCUT2D eigenvalue weighted by Gasteiger charge is -2.11. The van der Waals surface area contributed by atoms with Gasteiger partial charge in [-0.3, -0.25) is 0 Å². The first-order chi connectivity index (χ1) is 8.11. The van der Waals surface area contributed by atoms with Crippen molar-refractivity contribution >= 4 is 10.9 Å². The number of hydrogen-bond acceptors (Lipinski definition) is 1. The van der Waals surface area contributed by atoms with Crippen LogP contribution in [0.3, 0.4) is 0 Å². The number of nitrogens with zero attached hydrogens (tertiary/aromatic N) is 1. The van der Waals surface area contributed by atoms with Gasteiger partial charge in [0.05, 0.1) is 5.52 Å². The van der Waals surface area contributed by atoms with E-state index in [2.05, 4.69) is 18.4 Å². The van der Waals surface area contributed by atoms with E-state index in [1.165, 1.54) is 0 Å². The average molecular weight is 234 g/mol. The van der Waals surface area contributed by atoms with Crippen molar-refractivity contribution in [1.29, 1.82) is 0 Å². The fraction of sp³-hybridized carbons (Fsp3) is 0.429. The Labute approximate surface area is 101 Å². The first-order valence-electron chi connectivity index (χ1n) is 6.09. The van der Waals surface area contributed by atoms with Crippen molar-refractivity contribution in [2.75, 3.05) is 6.54 Å². The SMILES string of the molecule is CC(C)Cc1cc(F)cc2ccn(CCN)c12. The highest BCUT2D eigenvalue weighted by molar-refractivity contribution is 5.83. The molecule has 2 N–H and O–H groups in total. The molecule has 2 nitrogen and oxygen atoms in total. The second-order valence-corrected chi connectivity index (χ2v) is 4.90. The van der Waals surface area contributed by atoms with Gasteiger partial charge in [0.15, 0.2) is 0 Å². The maximum absolute atomic E-state index is 13.5. The maximum Gasteiger partial charge on any atom is 0.124 e. The molecular weight excluding hydrogens is 215 g/mol. The number of aromatic nitrogens is 1. The summed E-state index contributed by atoms with van der Waals surface area (Å²) in [5, 5.41) is 0.967. The summed E-state index contributed by atoms with van der Waals surface area (Å²) in [5.74, 6) is 0.361. The van der Waals surface area contributed by atoms with Crippen LogP contribution in [0.25, 0.3) is 10.9 Å². The molecule has 2 rings (SSSR count). The van der Waals surface area contributed by atoms with Crippen molar-refractivity contribution in [3.63, 3.8) is 0 Å². The van der Waals surface area contributed by atoms with Gasteiger partial charge in [-0.1, -0.05) is 13.8 Å². The summed E-state index contributed by atoms with van der Waals surface area (Å²) in [4.78, 5) is 0. The Hall–Kier alpha value is -1.35. The lowest BCUT2D eigenvalue weighted by molar-refractivity contribution is 0.614. The quantitative estimate of drug-likeness (QED) is 0.866. The smallest absolute Gasteiger partial charge is 0.124 e. The molecule has 0 radical (unpaired) electrons. The second-order valence-electron chi connectivity index (χ2n) is 4.90. The fourth-order valence-electron chi connectivity index (χ4n) is 2.32. The molecule has 0 saturated heterocycles. The van der Waals surface area contributed by atoms with Gasteiger partial charge >= 0.3 is 0 Å². The van der Waals surface area contributed by atoms with Crippen LogP contribution in [0.4, 0.5) is 4.39 Å². The zero-order chi connectivity index (χ0) is 12.4. The van der Waals surface area contributed by atoms with E-state index in [0.717, 1.165) is 29.4 Å². The Bertz CT molecular complexity index is 514. The minimum Gasteiger partial charge on any atom is -0.346 e. The molecule has 17 heavy (non-hydrogen) atoms. The van der Waals surface area contributed by atoms with E-state index in [1.807, 2.05) is 12.3 Å². The van der Waals surface area contributed by atoms with Crippen LogP contribution in [0.5, 0.6) is 0 Å². The number of halogens is 1. The molecule has 1 aromatic heterocycles. The Morgan fingerprint density at radius 1 is 1.35 bits per heavy atom. The monoisotopic (exact) mass is 234 g/mol. The molecule has 2 aromatic rings. The summed E-state index contributed by atoms with van der Waals surface area (Å²) < 4.78 is 15.6. The first kappa shape index (κ1) is 12.1. The molecule has 0 aliphatic carbocycles. The Morgan fingerprint density at radius 3 is 2.76 bits per heavy atom. The van der Waals surface area contributed by atoms with Gasteiger partial charge in [-0.05, 0) is 36.1 Å². The first-order valence-corrected chi connectivity index (χ1v) is 6.09. The predicted octanol–water partition coefficient (Wildman–Crippen LogP) is 2.94. The minimum absolute atomic E-state index is 0.154. The number of benzene rings is 1. The van der Waals surface area contributed by atoms with Crippen LogP contribution in [0, 0.1) is 11.7 Å². The van der Waals surface area contributed by atoms with Crippen LogP contribution in [-0.4, -0.2) is 11.1 Å². The highest BCUT2D eigenvalue weighted by Crippen LogP contribution is 2.24. The third-order valence-corrected chi connectivity index (χ3v) is 2.90. The molecule has 0 fully saturated rings. The van der Waals surface area contributed by atoms with E-state index in [1.54, 1.807) is 12.1 Å². The summed E-state index contributed by atoms with van der Waals surface area (Å²) >= 11 is 0. The molecule has 0 amide bonds. The van der Waals surface area contributed by atoms with Crippen LogP contribution in [0.15, 0.2) is 24.4 Å². The maximum atomic E-state index is 13.5. The molecular formula is C14H19FN2. The summed E-state index contributed by atoms with van der Waals surface area (Å²) in [6, 6.07) is 5.19. The highest BCUT2D eigenvalue weighted by atomic mass is 19.1. The van der Waals surface area contributed by atoms with Gasteiger partial charge in [0, 0.05) is 24.7 Å². The third kappa shape index (κ3) is 2.50. The van der Waals surface area contributed by atoms with Crippen molar-refractivity contribution in [3.05, 3.63) is 35.8 Å². The molecule has 0 aliphatic rings. The Balaban J connectivity index is 2.56. The minimum atomic E-state index is -0.154. The zero-order valence-electron chi connectivity index (χ0n) is 10.4. The van der Waals surface area contributed by atoms with Crippen LogP contribution >= 0.6 is 0 Å². The van der Waals surface area contributed by atoms with E-state index in [9.17, 15) is 4.39 Å². The van der Waals surface area contributed by atoms with Gasteiger partial charge in [-0.2, -0.15) is 0 Å². The van der Waals surface area contributed by atoms with Crippen molar-refractivity contribution in [2.45, 2.75) is 26.8 Å². The Kier molecular flexibility index (Phi) is 3.48. The van der Waals surface area contributed by atoms with Crippen LogP contribution in [0.1, 0.15) is 19.4 Å². The zero-order valence-corrected chi connectivity index (χ0v) is 10.4. The van der Waals surface area contributed by atoms with Crippen LogP contribution in [0.2, 0.25) is 0 Å². The molecule has 92 valence electrons. The topological polar surface area (TPSA) is 30.9 Å². The molecule has 0 unspecified atom stereocenters. The number of fused-ring (bicyclic) bond motifs is 1. The molecule has 1 heterocycles. The molecule has 0 atom stereocenters. The van der Waals surface area contributed by atoms with E-state index >= 15 is 0 Å². The summed E-state index contributed by atoms with van der Waals surface area (Å²) in [5.41, 5.74) is 7.80. The second kappa shape index (κ2) is 4.88. The van der Waals surface area contributed by atoms with Gasteiger partial charge in [0.1, 0.15) is 5.82 Å². The van der Waals surface area contributed by atoms with Crippen molar-refractivity contribution in [3.8, 4) is 0 Å². The van der Waals surface area contributed by atoms with Crippen molar-refractivity contribution < 1.29 is 4.39 Å². The van der Waals surface area contributed by atoms with E-state index in [4.69, 9.17) is 5.73 Å². The van der Waals surface area contributed by atoms with Gasteiger partial charge in [0.2, 0.25) is 0 Å². The Morgan fingerprint density at radius 2 is 2.12 bits per heavy atom. The van der Waals surface area contributed by atoms with Crippen molar-refractivity contribution in [1.82, 2.24) is 4.57 Å². The highest BCUT2D eigenvalue weighted by Gasteiger charge is 2.10. The fourth-order valence-corrected chi connectivity index (χ4v) is 2.32. The predicted molar refractivity (Wildman–Crippen MR) is 69.5 cm³/mol. The molecule has 3 heteroatoms. The standard InChI is InChI=1S/C14H19FN2/c1-10(2)7-12-9-13(15)8-11-3-5-17(6-4-16)14(11)12/h3,5,8-10H,4,6-7,16H2,1-2H3. The molecule has 0 saturated carbocycles. The lowest BCUT2D eigenvalue weighted by Crippen LogP contribution is -2.10. The molecule has 1 aromatic carbocycles. The van der Waals surface area contributed by atoms with Gasteiger partial charge in [0.25, 0.3) is 0 Å². The van der Waals surface area contributed by atoms with E-state index in [0.29, 0.717) is 12.5 Å². The lowest BCUT2D eigenvalue weighted by atomic mass is 10.0. The normalized spacial score (nSPS) is 11.6. The molecule has 0 aliphatic heterocycles. The number of nitrogens with two attached hydrogens (primary N) is 1. The van der Waals surface area contributed by atoms with E-state index in [-0.39, 0.29) is 5.82 Å². The van der Waals surface area contributed by atoms with Crippen molar-refractivity contribution in [2.24, 2.45) is 11.7 Å². The van der Waals surface area contributed by atoms with Crippen LogP contribution < -0.4 is 5.73 Å². The molecule has 0 spiro atoms. The average Bonchev–Trinajstić information content (AvgIpc) is 2.61. The largest absolute Gasteiger partial charge is 0.346 e. The molecule has 0 bridgehead atoms. The van der Waals surface area contributed by atoms with E-state index < -0.39 is 0 Å². The number of hydrogen-bond donors (Lipinski definition) is 1. The van der Waals surface area contributed by atoms with Crippen LogP contribution in [-0.2, 0) is 13.0 Å². The summed E-state index contributed by atoms with van der Waals surface area (Å²) in [7, 11) is 0.